The number of aromatic nitrogens is 2. The number of alkyl halides is 2. The van der Waals surface area contributed by atoms with Crippen molar-refractivity contribution in [2.75, 3.05) is 6.79 Å². The summed E-state index contributed by atoms with van der Waals surface area (Å²) in [5.74, 6) is -0.675. The number of halogens is 4. The zero-order valence-electron chi connectivity index (χ0n) is 13.5. The van der Waals surface area contributed by atoms with Gasteiger partial charge in [-0.3, -0.25) is 9.36 Å². The average molecular weight is 417 g/mol. The number of aliphatic hydroxyl groups is 1. The molecule has 0 atom stereocenters. The fourth-order valence-electron chi connectivity index (χ4n) is 2.77. The summed E-state index contributed by atoms with van der Waals surface area (Å²) in [5.41, 5.74) is -1.56. The molecule has 0 aliphatic heterocycles. The van der Waals surface area contributed by atoms with Gasteiger partial charge in [-0.05, 0) is 24.3 Å². The average Bonchev–Trinajstić information content (AvgIpc) is 2.64. The van der Waals surface area contributed by atoms with Crippen LogP contribution in [0.4, 0.5) is 8.78 Å². The first kappa shape index (κ1) is 19.3. The number of benzene rings is 1. The molecule has 0 bridgehead atoms. The second kappa shape index (κ2) is 7.67. The third-order valence-corrected chi connectivity index (χ3v) is 4.44. The molecule has 2 heterocycles. The van der Waals surface area contributed by atoms with Gasteiger partial charge in [0.05, 0.1) is 33.1 Å². The molecule has 0 fully saturated rings. The highest BCUT2D eigenvalue weighted by atomic mass is 35.5. The Balaban J connectivity index is 2.47. The fraction of sp³-hybridized carbons (Fsp3) is 0.176. The van der Waals surface area contributed by atoms with E-state index in [0.717, 1.165) is 4.57 Å². The fourth-order valence-corrected chi connectivity index (χ4v) is 3.22. The number of fused-ring (bicyclic) bond motifs is 1. The number of hydrogen-bond donors (Lipinski definition) is 2. The van der Waals surface area contributed by atoms with Crippen LogP contribution in [-0.4, -0.2) is 33.0 Å². The normalized spacial score (nSPS) is 11.3. The van der Waals surface area contributed by atoms with Crippen LogP contribution in [-0.2, 0) is 6.54 Å². The summed E-state index contributed by atoms with van der Waals surface area (Å²) in [6.45, 7) is -1.72. The smallest absolute Gasteiger partial charge is 0.264 e. The van der Waals surface area contributed by atoms with E-state index in [-0.39, 0.29) is 38.0 Å². The monoisotopic (exact) mass is 416 g/mol. The van der Waals surface area contributed by atoms with E-state index in [4.69, 9.17) is 33.0 Å². The van der Waals surface area contributed by atoms with E-state index in [0.29, 0.717) is 0 Å². The van der Waals surface area contributed by atoms with Crippen LogP contribution >= 0.6 is 23.2 Å². The molecule has 2 aromatic heterocycles. The number of hydrogen-bond acceptors (Lipinski definition) is 5. The highest BCUT2D eigenvalue weighted by molar-refractivity contribution is 6.37. The lowest BCUT2D eigenvalue weighted by atomic mass is 10.0. The molecule has 10 heteroatoms. The van der Waals surface area contributed by atoms with Crippen LogP contribution in [0.25, 0.3) is 22.2 Å². The van der Waals surface area contributed by atoms with Gasteiger partial charge in [-0.15, -0.1) is 0 Å². The molecule has 0 amide bonds. The third-order valence-electron chi connectivity index (χ3n) is 3.83. The number of aliphatic hydroxyl groups excluding tert-OH is 1. The molecule has 142 valence electrons. The van der Waals surface area contributed by atoms with Gasteiger partial charge in [-0.25, -0.2) is 13.8 Å². The van der Waals surface area contributed by atoms with Crippen LogP contribution in [0.3, 0.4) is 0 Å². The molecule has 0 radical (unpaired) electrons. The van der Waals surface area contributed by atoms with Gasteiger partial charge < -0.3 is 14.9 Å². The maximum Gasteiger partial charge on any atom is 0.264 e. The van der Waals surface area contributed by atoms with Gasteiger partial charge in [0, 0.05) is 6.20 Å². The molecule has 3 rings (SSSR count). The zero-order chi connectivity index (χ0) is 19.7. The van der Waals surface area contributed by atoms with Crippen molar-refractivity contribution in [3.63, 3.8) is 0 Å². The SMILES string of the molecule is O=c1c(-c2c(Cl)ccc(Cl)c2OCO)c(O)c2cccnc2n1CC(F)F. The van der Waals surface area contributed by atoms with Gasteiger partial charge in [0.1, 0.15) is 11.4 Å². The summed E-state index contributed by atoms with van der Waals surface area (Å²) >= 11 is 12.2. The molecule has 1 aromatic carbocycles. The summed E-state index contributed by atoms with van der Waals surface area (Å²) in [4.78, 5) is 16.9. The van der Waals surface area contributed by atoms with Gasteiger partial charge in [-0.1, -0.05) is 23.2 Å². The minimum absolute atomic E-state index is 0.00828. The standard InChI is InChI=1S/C17H12Cl2F2N2O4/c18-9-3-4-10(19)15(27-7-24)12(9)13-14(25)8-2-1-5-22-16(8)23(17(13)26)6-11(20)21/h1-5,11,24-25H,6-7H2. The van der Waals surface area contributed by atoms with Gasteiger partial charge >= 0.3 is 0 Å². The van der Waals surface area contributed by atoms with Crippen LogP contribution in [0, 0.1) is 0 Å². The predicted molar refractivity (Wildman–Crippen MR) is 96.8 cm³/mol. The molecule has 2 N–H and O–H groups in total. The van der Waals surface area contributed by atoms with Crippen molar-refractivity contribution < 1.29 is 23.7 Å². The van der Waals surface area contributed by atoms with Gasteiger partial charge in [0.25, 0.3) is 12.0 Å². The van der Waals surface area contributed by atoms with Crippen LogP contribution in [0.15, 0.2) is 35.3 Å². The number of aromatic hydroxyl groups is 1. The molecule has 0 saturated carbocycles. The molecular formula is C17H12Cl2F2N2O4. The van der Waals surface area contributed by atoms with Crippen LogP contribution in [0.5, 0.6) is 11.5 Å². The van der Waals surface area contributed by atoms with E-state index in [9.17, 15) is 18.7 Å². The van der Waals surface area contributed by atoms with E-state index in [1.54, 1.807) is 0 Å². The number of rotatable bonds is 5. The largest absolute Gasteiger partial charge is 0.506 e. The van der Waals surface area contributed by atoms with Gasteiger partial charge in [0.2, 0.25) is 0 Å². The Morgan fingerprint density at radius 1 is 1.19 bits per heavy atom. The lowest BCUT2D eigenvalue weighted by Gasteiger charge is -2.17. The summed E-state index contributed by atoms with van der Waals surface area (Å²) < 4.78 is 31.9. The minimum Gasteiger partial charge on any atom is -0.506 e. The van der Waals surface area contributed by atoms with Crippen molar-refractivity contribution in [2.45, 2.75) is 13.0 Å². The van der Waals surface area contributed by atoms with Crippen molar-refractivity contribution in [1.82, 2.24) is 9.55 Å². The summed E-state index contributed by atoms with van der Waals surface area (Å²) in [6.07, 6.45) is -1.52. The summed E-state index contributed by atoms with van der Waals surface area (Å²) in [6, 6.07) is 5.63. The third kappa shape index (κ3) is 3.43. The predicted octanol–water partition coefficient (Wildman–Crippen LogP) is 3.67. The first-order chi connectivity index (χ1) is 12.9. The molecule has 0 saturated heterocycles. The summed E-state index contributed by atoms with van der Waals surface area (Å²) in [5, 5.41) is 19.9. The Morgan fingerprint density at radius 3 is 2.56 bits per heavy atom. The van der Waals surface area contributed by atoms with E-state index in [2.05, 4.69) is 4.98 Å². The van der Waals surface area contributed by atoms with E-state index < -0.39 is 31.1 Å². The van der Waals surface area contributed by atoms with Crippen molar-refractivity contribution in [3.8, 4) is 22.6 Å². The van der Waals surface area contributed by atoms with Gasteiger partial charge in [-0.2, -0.15) is 0 Å². The zero-order valence-corrected chi connectivity index (χ0v) is 15.0. The second-order valence-electron chi connectivity index (χ2n) is 5.41. The number of nitrogens with zero attached hydrogens (tertiary/aromatic N) is 2. The molecular weight excluding hydrogens is 405 g/mol. The topological polar surface area (TPSA) is 84.6 Å². The first-order valence-corrected chi connectivity index (χ1v) is 8.33. The minimum atomic E-state index is -2.84. The molecule has 0 aliphatic carbocycles. The lowest BCUT2D eigenvalue weighted by Crippen LogP contribution is -2.26. The molecule has 0 spiro atoms. The molecule has 6 nitrogen and oxygen atoms in total. The van der Waals surface area contributed by atoms with Crippen LogP contribution < -0.4 is 10.3 Å². The maximum atomic E-state index is 13.1. The Morgan fingerprint density at radius 2 is 1.89 bits per heavy atom. The van der Waals surface area contributed by atoms with Crippen molar-refractivity contribution >= 4 is 34.2 Å². The summed E-state index contributed by atoms with van der Waals surface area (Å²) in [7, 11) is 0. The van der Waals surface area contributed by atoms with Crippen molar-refractivity contribution in [2.24, 2.45) is 0 Å². The molecule has 27 heavy (non-hydrogen) atoms. The Hall–Kier alpha value is -2.42. The number of ether oxygens (including phenoxy) is 1. The van der Waals surface area contributed by atoms with E-state index >= 15 is 0 Å². The maximum absolute atomic E-state index is 13.1. The molecule has 0 unspecified atom stereocenters. The second-order valence-corrected chi connectivity index (χ2v) is 6.23. The van der Waals surface area contributed by atoms with Gasteiger partial charge in [0.15, 0.2) is 12.5 Å². The Labute approximate surface area is 161 Å². The lowest BCUT2D eigenvalue weighted by molar-refractivity contribution is 0.0991. The number of pyridine rings is 2. The first-order valence-electron chi connectivity index (χ1n) is 7.57. The highest BCUT2D eigenvalue weighted by Crippen LogP contribution is 2.44. The van der Waals surface area contributed by atoms with Crippen molar-refractivity contribution in [3.05, 3.63) is 50.9 Å². The van der Waals surface area contributed by atoms with Crippen LogP contribution in [0.2, 0.25) is 10.0 Å². The molecule has 0 aliphatic rings. The Bertz CT molecular complexity index is 1070. The van der Waals surface area contributed by atoms with Crippen LogP contribution in [0.1, 0.15) is 0 Å². The van der Waals surface area contributed by atoms with Crippen molar-refractivity contribution in [1.29, 1.82) is 0 Å². The quantitative estimate of drug-likeness (QED) is 0.619. The van der Waals surface area contributed by atoms with E-state index in [1.807, 2.05) is 0 Å². The van der Waals surface area contributed by atoms with E-state index in [1.165, 1.54) is 30.5 Å². The molecule has 3 aromatic rings. The highest BCUT2D eigenvalue weighted by Gasteiger charge is 2.26. The Kier molecular flexibility index (Phi) is 5.50.